The van der Waals surface area contributed by atoms with E-state index in [1.165, 1.54) is 5.56 Å². The van der Waals surface area contributed by atoms with Gasteiger partial charge in [-0.2, -0.15) is 0 Å². The Morgan fingerprint density at radius 3 is 2.57 bits per heavy atom. The van der Waals surface area contributed by atoms with E-state index in [1.807, 2.05) is 13.0 Å². The van der Waals surface area contributed by atoms with Gasteiger partial charge in [-0.25, -0.2) is 4.79 Å². The number of ether oxygens (including phenoxy) is 3. The maximum absolute atomic E-state index is 11.8. The first-order chi connectivity index (χ1) is 11.3. The lowest BCUT2D eigenvalue weighted by Crippen LogP contribution is -2.27. The quantitative estimate of drug-likeness (QED) is 0.336. The van der Waals surface area contributed by atoms with Crippen molar-refractivity contribution in [3.05, 3.63) is 35.9 Å². The van der Waals surface area contributed by atoms with E-state index >= 15 is 0 Å². The standard InChI is InChI=1S/C19H28O4/c1-2-13-22-18(20)19(16-23-19)12-8-15-21-14-7-6-11-17-9-4-3-5-10-17/h3-5,9-10H,2,6-8,11-16H2,1H3. The summed E-state index contributed by atoms with van der Waals surface area (Å²) in [7, 11) is 0. The Kier molecular flexibility index (Phi) is 7.56. The van der Waals surface area contributed by atoms with Crippen LogP contribution in [-0.2, 0) is 25.4 Å². The first kappa shape index (κ1) is 18.0. The van der Waals surface area contributed by atoms with Gasteiger partial charge in [0.05, 0.1) is 13.2 Å². The van der Waals surface area contributed by atoms with Gasteiger partial charge in [-0.05, 0) is 44.1 Å². The first-order valence-corrected chi connectivity index (χ1v) is 8.70. The van der Waals surface area contributed by atoms with Gasteiger partial charge in [0, 0.05) is 13.2 Å². The van der Waals surface area contributed by atoms with E-state index in [9.17, 15) is 4.79 Å². The van der Waals surface area contributed by atoms with Crippen LogP contribution in [-0.4, -0.2) is 38.0 Å². The average molecular weight is 320 g/mol. The SMILES string of the molecule is CCCOC(=O)C1(CCCOCCCCc2ccccc2)CO1. The summed E-state index contributed by atoms with van der Waals surface area (Å²) in [5.74, 6) is -0.206. The summed E-state index contributed by atoms with van der Waals surface area (Å²) in [4.78, 5) is 11.8. The van der Waals surface area contributed by atoms with Crippen molar-refractivity contribution in [1.29, 1.82) is 0 Å². The third-order valence-electron chi connectivity index (χ3n) is 4.02. The minimum absolute atomic E-state index is 0.206. The molecule has 0 spiro atoms. The summed E-state index contributed by atoms with van der Waals surface area (Å²) in [5.41, 5.74) is 0.720. The molecule has 1 fully saturated rings. The highest BCUT2D eigenvalue weighted by molar-refractivity contribution is 5.82. The number of carbonyl (C=O) groups excluding carboxylic acids is 1. The maximum Gasteiger partial charge on any atom is 0.340 e. The molecule has 1 heterocycles. The number of hydrogen-bond donors (Lipinski definition) is 0. The van der Waals surface area contributed by atoms with Gasteiger partial charge in [0.25, 0.3) is 0 Å². The van der Waals surface area contributed by atoms with Crippen LogP contribution in [0.2, 0.25) is 0 Å². The second-order valence-electron chi connectivity index (χ2n) is 6.08. The molecule has 0 bridgehead atoms. The highest BCUT2D eigenvalue weighted by Crippen LogP contribution is 2.33. The van der Waals surface area contributed by atoms with Crippen molar-refractivity contribution >= 4 is 5.97 Å². The largest absolute Gasteiger partial charge is 0.463 e. The third kappa shape index (κ3) is 6.32. The Balaban J connectivity index is 1.46. The zero-order valence-electron chi connectivity index (χ0n) is 14.1. The topological polar surface area (TPSA) is 48.1 Å². The van der Waals surface area contributed by atoms with Gasteiger partial charge in [-0.15, -0.1) is 0 Å². The molecule has 0 radical (unpaired) electrons. The van der Waals surface area contributed by atoms with Crippen molar-refractivity contribution in [2.24, 2.45) is 0 Å². The molecule has 0 N–H and O–H groups in total. The predicted octanol–water partition coefficient (Wildman–Crippen LogP) is 3.53. The van der Waals surface area contributed by atoms with E-state index in [1.54, 1.807) is 0 Å². The van der Waals surface area contributed by atoms with E-state index in [0.717, 1.165) is 38.7 Å². The molecule has 1 aromatic carbocycles. The van der Waals surface area contributed by atoms with Crippen molar-refractivity contribution in [3.63, 3.8) is 0 Å². The van der Waals surface area contributed by atoms with Gasteiger partial charge >= 0.3 is 5.97 Å². The Morgan fingerprint density at radius 1 is 1.13 bits per heavy atom. The van der Waals surface area contributed by atoms with Crippen LogP contribution in [0.3, 0.4) is 0 Å². The van der Waals surface area contributed by atoms with Gasteiger partial charge in [-0.1, -0.05) is 37.3 Å². The molecule has 128 valence electrons. The van der Waals surface area contributed by atoms with Gasteiger partial charge in [0.15, 0.2) is 5.60 Å². The number of epoxide rings is 1. The molecule has 2 rings (SSSR count). The minimum Gasteiger partial charge on any atom is -0.463 e. The second kappa shape index (κ2) is 9.68. The number of aryl methyl sites for hydroxylation is 1. The molecule has 1 atom stereocenters. The molecule has 0 saturated carbocycles. The number of unbranched alkanes of at least 4 members (excludes halogenated alkanes) is 1. The van der Waals surface area contributed by atoms with E-state index in [4.69, 9.17) is 14.2 Å². The van der Waals surface area contributed by atoms with Crippen molar-refractivity contribution in [2.45, 2.75) is 51.0 Å². The Hall–Kier alpha value is -1.39. The summed E-state index contributed by atoms with van der Waals surface area (Å²) in [6.45, 7) is 4.41. The molecular weight excluding hydrogens is 292 g/mol. The molecule has 1 aliphatic rings. The summed E-state index contributed by atoms with van der Waals surface area (Å²) >= 11 is 0. The molecule has 4 nitrogen and oxygen atoms in total. The van der Waals surface area contributed by atoms with Gasteiger partial charge in [-0.3, -0.25) is 0 Å². The molecule has 0 aromatic heterocycles. The number of esters is 1. The fourth-order valence-electron chi connectivity index (χ4n) is 2.52. The van der Waals surface area contributed by atoms with E-state index in [-0.39, 0.29) is 5.97 Å². The minimum atomic E-state index is -0.661. The molecule has 1 saturated heterocycles. The number of carbonyl (C=O) groups is 1. The van der Waals surface area contributed by atoms with Crippen LogP contribution >= 0.6 is 0 Å². The van der Waals surface area contributed by atoms with Crippen LogP contribution in [0.5, 0.6) is 0 Å². The highest BCUT2D eigenvalue weighted by atomic mass is 16.6. The Bertz CT molecular complexity index is 454. The summed E-state index contributed by atoms with van der Waals surface area (Å²) < 4.78 is 16.1. The molecule has 1 aromatic rings. The molecule has 1 aliphatic heterocycles. The lowest BCUT2D eigenvalue weighted by molar-refractivity contribution is -0.150. The van der Waals surface area contributed by atoms with Crippen LogP contribution in [0.25, 0.3) is 0 Å². The zero-order chi connectivity index (χ0) is 16.4. The molecule has 0 aliphatic carbocycles. The van der Waals surface area contributed by atoms with Gasteiger partial charge in [0.2, 0.25) is 0 Å². The third-order valence-corrected chi connectivity index (χ3v) is 4.02. The van der Waals surface area contributed by atoms with Crippen molar-refractivity contribution in [3.8, 4) is 0 Å². The Labute approximate surface area is 139 Å². The van der Waals surface area contributed by atoms with Crippen LogP contribution in [0, 0.1) is 0 Å². The monoisotopic (exact) mass is 320 g/mol. The number of rotatable bonds is 12. The lowest BCUT2D eigenvalue weighted by atomic mass is 10.1. The first-order valence-electron chi connectivity index (χ1n) is 8.70. The summed E-state index contributed by atoms with van der Waals surface area (Å²) in [6.07, 6.45) is 5.67. The fraction of sp³-hybridized carbons (Fsp3) is 0.632. The van der Waals surface area contributed by atoms with E-state index < -0.39 is 5.60 Å². The van der Waals surface area contributed by atoms with Gasteiger partial charge in [0.1, 0.15) is 0 Å². The smallest absolute Gasteiger partial charge is 0.340 e. The lowest BCUT2D eigenvalue weighted by Gasteiger charge is -2.11. The summed E-state index contributed by atoms with van der Waals surface area (Å²) in [6, 6.07) is 10.5. The van der Waals surface area contributed by atoms with Crippen LogP contribution in [0.4, 0.5) is 0 Å². The molecule has 4 heteroatoms. The molecular formula is C19H28O4. The van der Waals surface area contributed by atoms with Crippen molar-refractivity contribution in [1.82, 2.24) is 0 Å². The summed E-state index contributed by atoms with van der Waals surface area (Å²) in [5, 5.41) is 0. The zero-order valence-corrected chi connectivity index (χ0v) is 14.1. The molecule has 0 amide bonds. The van der Waals surface area contributed by atoms with E-state index in [2.05, 4.69) is 24.3 Å². The van der Waals surface area contributed by atoms with Crippen LogP contribution in [0.1, 0.15) is 44.6 Å². The second-order valence-corrected chi connectivity index (χ2v) is 6.08. The van der Waals surface area contributed by atoms with Crippen LogP contribution < -0.4 is 0 Å². The van der Waals surface area contributed by atoms with Crippen LogP contribution in [0.15, 0.2) is 30.3 Å². The van der Waals surface area contributed by atoms with Crippen molar-refractivity contribution < 1.29 is 19.0 Å². The molecule has 23 heavy (non-hydrogen) atoms. The average Bonchev–Trinajstić information content (AvgIpc) is 3.37. The fourth-order valence-corrected chi connectivity index (χ4v) is 2.52. The highest BCUT2D eigenvalue weighted by Gasteiger charge is 2.53. The predicted molar refractivity (Wildman–Crippen MR) is 89.4 cm³/mol. The Morgan fingerprint density at radius 2 is 1.87 bits per heavy atom. The molecule has 1 unspecified atom stereocenters. The maximum atomic E-state index is 11.8. The van der Waals surface area contributed by atoms with Crippen molar-refractivity contribution in [2.75, 3.05) is 26.4 Å². The number of hydrogen-bond acceptors (Lipinski definition) is 4. The van der Waals surface area contributed by atoms with Gasteiger partial charge < -0.3 is 14.2 Å². The number of benzene rings is 1. The van der Waals surface area contributed by atoms with E-state index in [0.29, 0.717) is 26.2 Å². The normalized spacial score (nSPS) is 19.5.